The zero-order chi connectivity index (χ0) is 15.0. The number of methoxy groups -OCH3 is 1. The fourth-order valence-electron chi connectivity index (χ4n) is 1.76. The molecule has 0 bridgehead atoms. The molecule has 0 atom stereocenters. The van der Waals surface area contributed by atoms with Gasteiger partial charge in [-0.05, 0) is 24.9 Å². The van der Waals surface area contributed by atoms with Gasteiger partial charge in [-0.25, -0.2) is 4.39 Å². The molecule has 5 nitrogen and oxygen atoms in total. The molecule has 1 aromatic rings. The van der Waals surface area contributed by atoms with Gasteiger partial charge in [0.15, 0.2) is 11.6 Å². The molecular formula is C13H19FN2O3S. The molecule has 1 rings (SSSR count). The Balaban J connectivity index is 2.60. The summed E-state index contributed by atoms with van der Waals surface area (Å²) in [6.45, 7) is 0.631. The van der Waals surface area contributed by atoms with Crippen LogP contribution in [0.2, 0.25) is 0 Å². The van der Waals surface area contributed by atoms with Crippen LogP contribution in [0.25, 0.3) is 0 Å². The van der Waals surface area contributed by atoms with Crippen LogP contribution >= 0.6 is 11.8 Å². The number of nitrogens with zero attached hydrogens (tertiary/aromatic N) is 1. The number of rotatable bonds is 9. The number of ether oxygens (including phenoxy) is 1. The molecule has 1 aromatic carbocycles. The zero-order valence-corrected chi connectivity index (χ0v) is 12.5. The summed E-state index contributed by atoms with van der Waals surface area (Å²) in [5, 5.41) is 13.7. The van der Waals surface area contributed by atoms with Crippen LogP contribution in [0.5, 0.6) is 5.75 Å². The minimum atomic E-state index is -0.659. The van der Waals surface area contributed by atoms with Crippen molar-refractivity contribution in [3.63, 3.8) is 0 Å². The molecule has 0 unspecified atom stereocenters. The topological polar surface area (TPSA) is 64.4 Å². The summed E-state index contributed by atoms with van der Waals surface area (Å²) < 4.78 is 18.6. The van der Waals surface area contributed by atoms with Crippen molar-refractivity contribution in [1.29, 1.82) is 0 Å². The van der Waals surface area contributed by atoms with Gasteiger partial charge in [0, 0.05) is 12.6 Å². The SMILES string of the molecule is COc1cc(NCCCCCSC)c(F)cc1[N+](=O)[O-]. The fourth-order valence-corrected chi connectivity index (χ4v) is 2.25. The number of hydrogen-bond donors (Lipinski definition) is 1. The van der Waals surface area contributed by atoms with Gasteiger partial charge in [0.05, 0.1) is 23.8 Å². The molecule has 0 heterocycles. The van der Waals surface area contributed by atoms with Crippen molar-refractivity contribution < 1.29 is 14.1 Å². The highest BCUT2D eigenvalue weighted by atomic mass is 32.2. The van der Waals surface area contributed by atoms with E-state index in [9.17, 15) is 14.5 Å². The Labute approximate surface area is 122 Å². The second-order valence-electron chi connectivity index (χ2n) is 4.24. The number of nitro benzene ring substituents is 1. The molecule has 0 radical (unpaired) electrons. The van der Waals surface area contributed by atoms with Gasteiger partial charge < -0.3 is 10.1 Å². The normalized spacial score (nSPS) is 10.3. The van der Waals surface area contributed by atoms with Crippen LogP contribution in [0.4, 0.5) is 15.8 Å². The Morgan fingerprint density at radius 1 is 1.40 bits per heavy atom. The molecule has 0 saturated carbocycles. The van der Waals surface area contributed by atoms with Crippen LogP contribution in [-0.2, 0) is 0 Å². The molecule has 0 aliphatic carbocycles. The number of nitro groups is 1. The third kappa shape index (κ3) is 4.88. The van der Waals surface area contributed by atoms with Crippen molar-refractivity contribution in [1.82, 2.24) is 0 Å². The van der Waals surface area contributed by atoms with Crippen molar-refractivity contribution in [2.75, 3.05) is 31.0 Å². The smallest absolute Gasteiger partial charge is 0.313 e. The molecule has 0 aliphatic heterocycles. The number of benzene rings is 1. The molecule has 0 aromatic heterocycles. The van der Waals surface area contributed by atoms with Crippen LogP contribution in [0, 0.1) is 15.9 Å². The highest BCUT2D eigenvalue weighted by Gasteiger charge is 2.18. The maximum absolute atomic E-state index is 13.7. The average molecular weight is 302 g/mol. The lowest BCUT2D eigenvalue weighted by molar-refractivity contribution is -0.385. The molecule has 0 amide bonds. The van der Waals surface area contributed by atoms with Gasteiger partial charge in [0.25, 0.3) is 0 Å². The van der Waals surface area contributed by atoms with Crippen molar-refractivity contribution in [2.24, 2.45) is 0 Å². The molecule has 0 spiro atoms. The van der Waals surface area contributed by atoms with Gasteiger partial charge >= 0.3 is 5.69 Å². The Bertz CT molecular complexity index is 457. The van der Waals surface area contributed by atoms with Gasteiger partial charge in [-0.1, -0.05) is 6.42 Å². The van der Waals surface area contributed by atoms with E-state index in [1.54, 1.807) is 11.8 Å². The van der Waals surface area contributed by atoms with E-state index in [1.807, 2.05) is 0 Å². The van der Waals surface area contributed by atoms with Gasteiger partial charge in [0.1, 0.15) is 0 Å². The van der Waals surface area contributed by atoms with Crippen LogP contribution < -0.4 is 10.1 Å². The summed E-state index contributed by atoms with van der Waals surface area (Å²) in [5.41, 5.74) is -0.132. The summed E-state index contributed by atoms with van der Waals surface area (Å²) in [6.07, 6.45) is 5.20. The van der Waals surface area contributed by atoms with E-state index >= 15 is 0 Å². The predicted octanol–water partition coefficient (Wildman–Crippen LogP) is 3.69. The number of hydrogen-bond acceptors (Lipinski definition) is 5. The Hall–Kier alpha value is -1.50. The molecule has 0 fully saturated rings. The summed E-state index contributed by atoms with van der Waals surface area (Å²) in [5.74, 6) is 0.544. The second-order valence-corrected chi connectivity index (χ2v) is 5.23. The van der Waals surface area contributed by atoms with Gasteiger partial charge in [0.2, 0.25) is 0 Å². The minimum absolute atomic E-state index is 0.0567. The highest BCUT2D eigenvalue weighted by molar-refractivity contribution is 7.98. The first-order chi connectivity index (χ1) is 9.60. The van der Waals surface area contributed by atoms with E-state index < -0.39 is 10.7 Å². The van der Waals surface area contributed by atoms with E-state index in [4.69, 9.17) is 4.74 Å². The van der Waals surface area contributed by atoms with Crippen molar-refractivity contribution >= 4 is 23.1 Å². The maximum atomic E-state index is 13.7. The van der Waals surface area contributed by atoms with E-state index in [-0.39, 0.29) is 17.1 Å². The van der Waals surface area contributed by atoms with Gasteiger partial charge in [-0.2, -0.15) is 11.8 Å². The van der Waals surface area contributed by atoms with Crippen LogP contribution in [-0.4, -0.2) is 30.6 Å². The molecular weight excluding hydrogens is 283 g/mol. The minimum Gasteiger partial charge on any atom is -0.490 e. The number of thioether (sulfide) groups is 1. The number of nitrogens with one attached hydrogen (secondary N) is 1. The number of unbranched alkanes of at least 4 members (excludes halogenated alkanes) is 2. The first-order valence-corrected chi connectivity index (χ1v) is 7.74. The van der Waals surface area contributed by atoms with Crippen LogP contribution in [0.3, 0.4) is 0 Å². The highest BCUT2D eigenvalue weighted by Crippen LogP contribution is 2.32. The average Bonchev–Trinajstić information content (AvgIpc) is 2.43. The maximum Gasteiger partial charge on any atom is 0.313 e. The summed E-state index contributed by atoms with van der Waals surface area (Å²) >= 11 is 1.81. The van der Waals surface area contributed by atoms with Crippen molar-refractivity contribution in [3.05, 3.63) is 28.1 Å². The second kappa shape index (κ2) is 8.63. The predicted molar refractivity (Wildman–Crippen MR) is 80.3 cm³/mol. The molecule has 1 N–H and O–H groups in total. The Kier molecular flexibility index (Phi) is 7.14. The fraction of sp³-hybridized carbons (Fsp3) is 0.538. The van der Waals surface area contributed by atoms with Gasteiger partial charge in [-0.15, -0.1) is 0 Å². The molecule has 7 heteroatoms. The van der Waals surface area contributed by atoms with E-state index in [0.717, 1.165) is 31.1 Å². The summed E-state index contributed by atoms with van der Waals surface area (Å²) in [4.78, 5) is 10.1. The molecule has 0 aliphatic rings. The lowest BCUT2D eigenvalue weighted by Gasteiger charge is -2.09. The molecule has 20 heavy (non-hydrogen) atoms. The number of anilines is 1. The van der Waals surface area contributed by atoms with E-state index in [0.29, 0.717) is 6.54 Å². The van der Waals surface area contributed by atoms with Crippen molar-refractivity contribution in [3.8, 4) is 5.75 Å². The first-order valence-electron chi connectivity index (χ1n) is 6.35. The Morgan fingerprint density at radius 3 is 2.75 bits per heavy atom. The van der Waals surface area contributed by atoms with E-state index in [2.05, 4.69) is 11.6 Å². The summed E-state index contributed by atoms with van der Waals surface area (Å²) in [6, 6.07) is 2.21. The standard InChI is InChI=1S/C13H19FN2O3S/c1-19-13-9-11(10(14)8-12(13)16(17)18)15-6-4-3-5-7-20-2/h8-9,15H,3-7H2,1-2H3. The lowest BCUT2D eigenvalue weighted by Crippen LogP contribution is -2.05. The quantitative estimate of drug-likeness (QED) is 0.428. The van der Waals surface area contributed by atoms with E-state index in [1.165, 1.54) is 13.2 Å². The van der Waals surface area contributed by atoms with Crippen molar-refractivity contribution in [2.45, 2.75) is 19.3 Å². The summed E-state index contributed by atoms with van der Waals surface area (Å²) in [7, 11) is 1.33. The number of halogens is 1. The molecule has 112 valence electrons. The largest absolute Gasteiger partial charge is 0.490 e. The van der Waals surface area contributed by atoms with Crippen LogP contribution in [0.1, 0.15) is 19.3 Å². The van der Waals surface area contributed by atoms with Gasteiger partial charge in [-0.3, -0.25) is 10.1 Å². The zero-order valence-electron chi connectivity index (χ0n) is 11.6. The van der Waals surface area contributed by atoms with Crippen LogP contribution in [0.15, 0.2) is 12.1 Å². The first kappa shape index (κ1) is 16.6. The third-order valence-electron chi connectivity index (χ3n) is 2.81. The molecule has 0 saturated heterocycles. The Morgan fingerprint density at radius 2 is 2.15 bits per heavy atom. The lowest BCUT2D eigenvalue weighted by atomic mass is 10.2. The third-order valence-corrected chi connectivity index (χ3v) is 3.50. The monoisotopic (exact) mass is 302 g/mol.